The van der Waals surface area contributed by atoms with Crippen molar-refractivity contribution in [1.29, 1.82) is 0 Å². The van der Waals surface area contributed by atoms with Crippen molar-refractivity contribution in [2.24, 2.45) is 0 Å². The number of aromatic nitrogens is 6. The summed E-state index contributed by atoms with van der Waals surface area (Å²) >= 11 is 0. The second-order valence-electron chi connectivity index (χ2n) is 7.20. The Balaban J connectivity index is 1.46. The van der Waals surface area contributed by atoms with Gasteiger partial charge in [0.25, 0.3) is 0 Å². The third-order valence-corrected chi connectivity index (χ3v) is 5.31. The molecular formula is C22H18N6O. The van der Waals surface area contributed by atoms with Crippen molar-refractivity contribution in [3.05, 3.63) is 60.4 Å². The van der Waals surface area contributed by atoms with E-state index in [1.165, 1.54) is 10.8 Å². The minimum atomic E-state index is 0.469. The standard InChI is InChI=1S/C22H18N6O/c1-13-25-27-28(26-13)9-10-29-21-8-4-7-18-22(21)16-11-15-14-5-2-3-6-17(14)23-19(15)12-20(16)24-18/h2-8,11-12,23-24H,9-10H2,1H3. The van der Waals surface area contributed by atoms with E-state index in [9.17, 15) is 0 Å². The molecular weight excluding hydrogens is 364 g/mol. The zero-order valence-electron chi connectivity index (χ0n) is 15.8. The van der Waals surface area contributed by atoms with Crippen LogP contribution in [0.1, 0.15) is 5.82 Å². The molecule has 29 heavy (non-hydrogen) atoms. The minimum Gasteiger partial charge on any atom is -0.491 e. The fourth-order valence-corrected chi connectivity index (χ4v) is 4.04. The third-order valence-electron chi connectivity index (χ3n) is 5.31. The number of fused-ring (bicyclic) bond motifs is 6. The van der Waals surface area contributed by atoms with E-state index in [0.717, 1.165) is 38.6 Å². The van der Waals surface area contributed by atoms with Crippen LogP contribution in [0.2, 0.25) is 0 Å². The topological polar surface area (TPSA) is 84.4 Å². The van der Waals surface area contributed by atoms with Crippen LogP contribution >= 0.6 is 0 Å². The van der Waals surface area contributed by atoms with E-state index >= 15 is 0 Å². The molecule has 6 aromatic rings. The van der Waals surface area contributed by atoms with Crippen LogP contribution in [0, 0.1) is 6.92 Å². The molecule has 142 valence electrons. The number of nitrogens with one attached hydrogen (secondary N) is 2. The Bertz CT molecular complexity index is 1510. The molecule has 0 saturated heterocycles. The molecule has 3 aromatic carbocycles. The normalized spacial score (nSPS) is 11.9. The number of hydrogen-bond donors (Lipinski definition) is 2. The highest BCUT2D eigenvalue weighted by atomic mass is 16.5. The number of benzene rings is 3. The van der Waals surface area contributed by atoms with Gasteiger partial charge >= 0.3 is 0 Å². The number of ether oxygens (including phenoxy) is 1. The lowest BCUT2D eigenvalue weighted by molar-refractivity contribution is 0.283. The van der Waals surface area contributed by atoms with E-state index in [1.54, 1.807) is 4.80 Å². The van der Waals surface area contributed by atoms with Crippen molar-refractivity contribution in [2.45, 2.75) is 13.5 Å². The Kier molecular flexibility index (Phi) is 3.37. The number of H-pyrrole nitrogens is 2. The number of para-hydroxylation sites is 1. The first-order valence-corrected chi connectivity index (χ1v) is 9.58. The third kappa shape index (κ3) is 2.55. The van der Waals surface area contributed by atoms with Gasteiger partial charge in [0.15, 0.2) is 5.82 Å². The smallest absolute Gasteiger partial charge is 0.171 e. The van der Waals surface area contributed by atoms with Crippen molar-refractivity contribution < 1.29 is 4.74 Å². The molecule has 0 bridgehead atoms. The van der Waals surface area contributed by atoms with Gasteiger partial charge in [0.05, 0.1) is 12.1 Å². The lowest BCUT2D eigenvalue weighted by Crippen LogP contribution is -2.11. The summed E-state index contributed by atoms with van der Waals surface area (Å²) in [5.41, 5.74) is 4.42. The maximum atomic E-state index is 6.12. The van der Waals surface area contributed by atoms with Gasteiger partial charge < -0.3 is 14.7 Å². The summed E-state index contributed by atoms with van der Waals surface area (Å²) < 4.78 is 6.12. The van der Waals surface area contributed by atoms with Crippen LogP contribution in [0.4, 0.5) is 0 Å². The molecule has 0 unspecified atom stereocenters. The number of rotatable bonds is 4. The van der Waals surface area contributed by atoms with E-state index in [0.29, 0.717) is 19.0 Å². The Morgan fingerprint density at radius 1 is 0.862 bits per heavy atom. The molecule has 0 aliphatic heterocycles. The highest BCUT2D eigenvalue weighted by molar-refractivity contribution is 6.18. The first-order valence-electron chi connectivity index (χ1n) is 9.58. The average Bonchev–Trinajstić information content (AvgIpc) is 3.41. The maximum absolute atomic E-state index is 6.12. The van der Waals surface area contributed by atoms with E-state index in [1.807, 2.05) is 19.1 Å². The fraction of sp³-hybridized carbons (Fsp3) is 0.136. The van der Waals surface area contributed by atoms with E-state index in [2.05, 4.69) is 67.8 Å². The van der Waals surface area contributed by atoms with Gasteiger partial charge in [-0.3, -0.25) is 0 Å². The summed E-state index contributed by atoms with van der Waals surface area (Å²) in [5, 5.41) is 16.8. The van der Waals surface area contributed by atoms with Crippen molar-refractivity contribution in [2.75, 3.05) is 6.61 Å². The molecule has 0 saturated carbocycles. The van der Waals surface area contributed by atoms with Crippen molar-refractivity contribution >= 4 is 43.6 Å². The zero-order chi connectivity index (χ0) is 19.4. The molecule has 0 aliphatic rings. The summed E-state index contributed by atoms with van der Waals surface area (Å²) in [5.74, 6) is 1.51. The number of tetrazole rings is 1. The van der Waals surface area contributed by atoms with E-state index in [4.69, 9.17) is 4.74 Å². The second-order valence-corrected chi connectivity index (χ2v) is 7.20. The first-order chi connectivity index (χ1) is 14.3. The molecule has 6 rings (SSSR count). The van der Waals surface area contributed by atoms with Gasteiger partial charge in [0.1, 0.15) is 12.4 Å². The number of hydrogen-bond acceptors (Lipinski definition) is 4. The van der Waals surface area contributed by atoms with Crippen molar-refractivity contribution in [1.82, 2.24) is 30.2 Å². The molecule has 0 radical (unpaired) electrons. The lowest BCUT2D eigenvalue weighted by Gasteiger charge is -2.07. The van der Waals surface area contributed by atoms with Gasteiger partial charge in [-0.05, 0) is 42.5 Å². The van der Waals surface area contributed by atoms with Crippen molar-refractivity contribution in [3.63, 3.8) is 0 Å². The quantitative estimate of drug-likeness (QED) is 0.475. The van der Waals surface area contributed by atoms with Crippen LogP contribution in [0.25, 0.3) is 43.6 Å². The Labute approximate surface area is 165 Å². The molecule has 0 fully saturated rings. The van der Waals surface area contributed by atoms with Crippen LogP contribution in [0.5, 0.6) is 5.75 Å². The molecule has 3 aromatic heterocycles. The van der Waals surface area contributed by atoms with Gasteiger partial charge in [-0.2, -0.15) is 4.80 Å². The molecule has 0 spiro atoms. The van der Waals surface area contributed by atoms with Crippen LogP contribution in [0.15, 0.2) is 54.6 Å². The zero-order valence-corrected chi connectivity index (χ0v) is 15.8. The summed E-state index contributed by atoms with van der Waals surface area (Å²) in [7, 11) is 0. The van der Waals surface area contributed by atoms with Crippen LogP contribution in [0.3, 0.4) is 0 Å². The molecule has 3 heterocycles. The second kappa shape index (κ2) is 6.07. The van der Waals surface area contributed by atoms with Gasteiger partial charge in [-0.1, -0.05) is 24.3 Å². The van der Waals surface area contributed by atoms with E-state index in [-0.39, 0.29) is 0 Å². The molecule has 7 nitrogen and oxygen atoms in total. The fourth-order valence-electron chi connectivity index (χ4n) is 4.04. The predicted molar refractivity (Wildman–Crippen MR) is 113 cm³/mol. The summed E-state index contributed by atoms with van der Waals surface area (Å²) in [6.07, 6.45) is 0. The molecule has 7 heteroatoms. The van der Waals surface area contributed by atoms with Crippen LogP contribution < -0.4 is 4.74 Å². The summed E-state index contributed by atoms with van der Waals surface area (Å²) in [6.45, 7) is 2.84. The average molecular weight is 382 g/mol. The molecule has 0 atom stereocenters. The highest BCUT2D eigenvalue weighted by Crippen LogP contribution is 2.37. The van der Waals surface area contributed by atoms with Crippen LogP contribution in [-0.4, -0.2) is 36.8 Å². The summed E-state index contributed by atoms with van der Waals surface area (Å²) in [4.78, 5) is 8.59. The maximum Gasteiger partial charge on any atom is 0.171 e. The Hall–Kier alpha value is -3.87. The van der Waals surface area contributed by atoms with Crippen LogP contribution in [-0.2, 0) is 6.54 Å². The largest absolute Gasteiger partial charge is 0.491 e. The molecule has 0 aliphatic carbocycles. The summed E-state index contributed by atoms with van der Waals surface area (Å²) in [6, 6.07) is 18.9. The van der Waals surface area contributed by atoms with Gasteiger partial charge in [0, 0.05) is 38.1 Å². The molecule has 2 N–H and O–H groups in total. The predicted octanol–water partition coefficient (Wildman–Crippen LogP) is 4.33. The Morgan fingerprint density at radius 3 is 2.59 bits per heavy atom. The van der Waals surface area contributed by atoms with Gasteiger partial charge in [-0.25, -0.2) is 0 Å². The molecule has 0 amide bonds. The highest BCUT2D eigenvalue weighted by Gasteiger charge is 2.13. The minimum absolute atomic E-state index is 0.469. The van der Waals surface area contributed by atoms with Gasteiger partial charge in [0.2, 0.25) is 0 Å². The first kappa shape index (κ1) is 16.1. The lowest BCUT2D eigenvalue weighted by atomic mass is 10.1. The number of aryl methyl sites for hydroxylation is 1. The van der Waals surface area contributed by atoms with Gasteiger partial charge in [-0.15, -0.1) is 10.2 Å². The number of aromatic amines is 2. The monoisotopic (exact) mass is 382 g/mol. The van der Waals surface area contributed by atoms with Crippen molar-refractivity contribution in [3.8, 4) is 5.75 Å². The SMILES string of the molecule is Cc1nnn(CCOc2cccc3[nH]c4cc5[nH]c6ccccc6c5cc4c23)n1. The Morgan fingerprint density at radius 2 is 1.69 bits per heavy atom. The van der Waals surface area contributed by atoms with E-state index < -0.39 is 0 Å². The number of nitrogens with zero attached hydrogens (tertiary/aromatic N) is 4.